The first-order valence-electron chi connectivity index (χ1n) is 11.7. The maximum Gasteiger partial charge on any atom is 0.224 e. The molecule has 158 valence electrons. The van der Waals surface area contributed by atoms with Crippen LogP contribution in [0.2, 0.25) is 0 Å². The van der Waals surface area contributed by atoms with Crippen LogP contribution in [0.4, 0.5) is 4.39 Å². The topological polar surface area (TPSA) is 8.29 Å². The van der Waals surface area contributed by atoms with Crippen molar-refractivity contribution < 1.29 is 8.96 Å². The Morgan fingerprint density at radius 2 is 1.75 bits per heavy atom. The van der Waals surface area contributed by atoms with Crippen molar-refractivity contribution >= 4 is 49.0 Å². The van der Waals surface area contributed by atoms with Crippen LogP contribution in [0.5, 0.6) is 0 Å². The first-order valence-corrected chi connectivity index (χ1v) is 11.7. The van der Waals surface area contributed by atoms with Gasteiger partial charge in [0.2, 0.25) is 5.52 Å². The summed E-state index contributed by atoms with van der Waals surface area (Å²) >= 11 is 0. The van der Waals surface area contributed by atoms with Gasteiger partial charge in [0.1, 0.15) is 12.9 Å². The summed E-state index contributed by atoms with van der Waals surface area (Å²) in [6.45, 7) is 4.35. The van der Waals surface area contributed by atoms with Crippen LogP contribution >= 0.6 is 0 Å². The first-order chi connectivity index (χ1) is 15.5. The van der Waals surface area contributed by atoms with E-state index in [9.17, 15) is 0 Å². The molecule has 0 N–H and O–H groups in total. The molecule has 0 amide bonds. The van der Waals surface area contributed by atoms with Gasteiger partial charge in [-0.15, -0.1) is 0 Å². The van der Waals surface area contributed by atoms with Gasteiger partial charge in [0.25, 0.3) is 0 Å². The third-order valence-corrected chi connectivity index (χ3v) is 8.09. The Bertz CT molecular complexity index is 1720. The molecule has 0 atom stereocenters. The average molecular weight is 422 g/mol. The van der Waals surface area contributed by atoms with E-state index in [-0.39, 0.29) is 5.82 Å². The van der Waals surface area contributed by atoms with E-state index in [1.807, 2.05) is 6.07 Å². The van der Waals surface area contributed by atoms with E-state index in [4.69, 9.17) is 0 Å². The summed E-state index contributed by atoms with van der Waals surface area (Å²) in [5, 5.41) is 5.56. The van der Waals surface area contributed by atoms with E-state index in [1.54, 1.807) is 6.07 Å². The van der Waals surface area contributed by atoms with Gasteiger partial charge in [-0.1, -0.05) is 25.0 Å². The Hall–Kier alpha value is -3.20. The van der Waals surface area contributed by atoms with Crippen molar-refractivity contribution in [2.24, 2.45) is 7.05 Å². The summed E-state index contributed by atoms with van der Waals surface area (Å²) in [7, 11) is 2.13. The number of fused-ring (bicyclic) bond motifs is 5. The van der Waals surface area contributed by atoms with Crippen molar-refractivity contribution in [1.82, 2.24) is 4.40 Å². The van der Waals surface area contributed by atoms with E-state index in [0.29, 0.717) is 5.92 Å². The van der Waals surface area contributed by atoms with E-state index >= 15 is 4.39 Å². The molecule has 3 heteroatoms. The van der Waals surface area contributed by atoms with E-state index in [2.05, 4.69) is 66.4 Å². The van der Waals surface area contributed by atoms with Crippen molar-refractivity contribution in [2.75, 3.05) is 0 Å². The van der Waals surface area contributed by atoms with Gasteiger partial charge in [-0.3, -0.25) is 0 Å². The Balaban J connectivity index is 1.85. The number of halogens is 1. The summed E-state index contributed by atoms with van der Waals surface area (Å²) in [6.07, 6.45) is 7.35. The number of nitrogens with zero attached hydrogens (tertiary/aromatic N) is 2. The number of benzene rings is 3. The monoisotopic (exact) mass is 421 g/mol. The van der Waals surface area contributed by atoms with Gasteiger partial charge in [0.15, 0.2) is 6.20 Å². The Morgan fingerprint density at radius 1 is 0.938 bits per heavy atom. The number of aromatic nitrogens is 2. The lowest BCUT2D eigenvalue weighted by molar-refractivity contribution is -0.643. The quantitative estimate of drug-likeness (QED) is 0.150. The van der Waals surface area contributed by atoms with E-state index < -0.39 is 0 Å². The minimum Gasteiger partial charge on any atom is -0.307 e. The molecular formula is C29H26FN2+. The van der Waals surface area contributed by atoms with Crippen LogP contribution in [-0.4, -0.2) is 4.40 Å². The van der Waals surface area contributed by atoms with Crippen molar-refractivity contribution in [3.63, 3.8) is 0 Å². The van der Waals surface area contributed by atoms with Gasteiger partial charge in [0.05, 0.1) is 27.3 Å². The molecule has 1 aliphatic rings. The molecule has 7 rings (SSSR count). The van der Waals surface area contributed by atoms with Gasteiger partial charge in [0, 0.05) is 16.8 Å². The largest absolute Gasteiger partial charge is 0.307 e. The van der Waals surface area contributed by atoms with Crippen LogP contribution in [0.15, 0.2) is 48.7 Å². The van der Waals surface area contributed by atoms with Gasteiger partial charge >= 0.3 is 0 Å². The first kappa shape index (κ1) is 18.4. The highest BCUT2D eigenvalue weighted by atomic mass is 19.1. The van der Waals surface area contributed by atoms with Gasteiger partial charge < -0.3 is 4.40 Å². The zero-order valence-electron chi connectivity index (χ0n) is 18.8. The summed E-state index contributed by atoms with van der Waals surface area (Å²) in [6, 6.07) is 14.8. The highest BCUT2D eigenvalue weighted by Gasteiger charge is 2.27. The number of aryl methyl sites for hydroxylation is 3. The molecule has 32 heavy (non-hydrogen) atoms. The van der Waals surface area contributed by atoms with E-state index in [0.717, 1.165) is 21.8 Å². The fourth-order valence-corrected chi connectivity index (χ4v) is 6.43. The van der Waals surface area contributed by atoms with Crippen LogP contribution in [0.25, 0.3) is 49.0 Å². The summed E-state index contributed by atoms with van der Waals surface area (Å²) in [5.41, 5.74) is 8.48. The number of pyridine rings is 2. The third kappa shape index (κ3) is 2.16. The lowest BCUT2D eigenvalue weighted by atomic mass is 9.92. The fourth-order valence-electron chi connectivity index (χ4n) is 6.43. The normalized spacial score (nSPS) is 15.5. The van der Waals surface area contributed by atoms with Gasteiger partial charge in [-0.25, -0.2) is 8.96 Å². The zero-order chi connectivity index (χ0) is 21.7. The number of hydrogen-bond acceptors (Lipinski definition) is 0. The number of hydrogen-bond donors (Lipinski definition) is 0. The van der Waals surface area contributed by atoms with Crippen LogP contribution in [0.1, 0.15) is 48.3 Å². The molecule has 1 saturated carbocycles. The average Bonchev–Trinajstić information content (AvgIpc) is 3.43. The molecule has 0 spiro atoms. The fraction of sp³-hybridized carbons (Fsp3) is 0.276. The minimum absolute atomic E-state index is 0.140. The lowest BCUT2D eigenvalue weighted by Gasteiger charge is -2.17. The molecule has 0 bridgehead atoms. The second-order valence-corrected chi connectivity index (χ2v) is 9.82. The molecule has 0 radical (unpaired) electrons. The third-order valence-electron chi connectivity index (χ3n) is 8.09. The zero-order valence-corrected chi connectivity index (χ0v) is 18.8. The highest BCUT2D eigenvalue weighted by Crippen LogP contribution is 2.44. The molecule has 3 heterocycles. The highest BCUT2D eigenvalue weighted by molar-refractivity contribution is 6.26. The lowest BCUT2D eigenvalue weighted by Crippen LogP contribution is -2.29. The van der Waals surface area contributed by atoms with E-state index in [1.165, 1.54) is 69.6 Å². The molecule has 6 aromatic rings. The van der Waals surface area contributed by atoms with Crippen molar-refractivity contribution in [2.45, 2.75) is 45.4 Å². The summed E-state index contributed by atoms with van der Waals surface area (Å²) in [4.78, 5) is 0. The Morgan fingerprint density at radius 3 is 2.56 bits per heavy atom. The van der Waals surface area contributed by atoms with Crippen molar-refractivity contribution in [1.29, 1.82) is 0 Å². The van der Waals surface area contributed by atoms with Crippen molar-refractivity contribution in [3.05, 3.63) is 71.2 Å². The predicted octanol–water partition coefficient (Wildman–Crippen LogP) is 7.23. The Kier molecular flexibility index (Phi) is 3.55. The van der Waals surface area contributed by atoms with Crippen molar-refractivity contribution in [3.8, 4) is 0 Å². The smallest absolute Gasteiger partial charge is 0.224 e. The standard InChI is InChI=1S/C29H26FN2/c1-16-13-21-27-22(30)9-6-10-23(27)32-24-15-20(18-7-4-5-8-18)14-19-11-12-31(3)29(26(19)24)25(17(16)2)28(21)32/h6,9-15,18H,4-5,7-8H2,1-3H3/q+1. The second-order valence-electron chi connectivity index (χ2n) is 9.82. The molecule has 0 unspecified atom stereocenters. The summed E-state index contributed by atoms with van der Waals surface area (Å²) in [5.74, 6) is 0.488. The minimum atomic E-state index is -0.140. The SMILES string of the molecule is Cc1cc2c3c(F)cccc3n3c4cc(C5CCCC5)cc5cc[n+](C)c(c(c1C)c23)c54. The van der Waals surface area contributed by atoms with Crippen LogP contribution in [0, 0.1) is 19.7 Å². The molecule has 1 aliphatic carbocycles. The van der Waals surface area contributed by atoms with Crippen LogP contribution in [-0.2, 0) is 7.05 Å². The maximum atomic E-state index is 15.3. The van der Waals surface area contributed by atoms with Crippen LogP contribution < -0.4 is 4.57 Å². The van der Waals surface area contributed by atoms with Gasteiger partial charge in [-0.05, 0) is 78.9 Å². The molecule has 0 saturated heterocycles. The molecular weight excluding hydrogens is 395 g/mol. The Labute approximate surface area is 186 Å². The molecule has 3 aromatic carbocycles. The molecule has 3 aromatic heterocycles. The van der Waals surface area contributed by atoms with Gasteiger partial charge in [-0.2, -0.15) is 0 Å². The molecule has 2 nitrogen and oxygen atoms in total. The number of rotatable bonds is 1. The predicted molar refractivity (Wildman–Crippen MR) is 130 cm³/mol. The molecule has 1 fully saturated rings. The second kappa shape index (κ2) is 6.19. The summed E-state index contributed by atoms with van der Waals surface area (Å²) < 4.78 is 19.9. The van der Waals surface area contributed by atoms with Crippen LogP contribution in [0.3, 0.4) is 0 Å². The maximum absolute atomic E-state index is 15.3. The molecule has 0 aliphatic heterocycles.